The number of carbonyl (C=O) groups excluding carboxylic acids is 1. The van der Waals surface area contributed by atoms with Gasteiger partial charge in [-0.1, -0.05) is 45.0 Å². The molecule has 0 spiro atoms. The number of anilines is 1. The summed E-state index contributed by atoms with van der Waals surface area (Å²) in [4.78, 5) is 17.3. The number of aromatic nitrogens is 4. The fourth-order valence-electron chi connectivity index (χ4n) is 2.82. The Labute approximate surface area is 186 Å². The molecular formula is C21H18BrN5O2S. The lowest BCUT2D eigenvalue weighted by atomic mass is 10.2. The number of rotatable bonds is 7. The van der Waals surface area contributed by atoms with Gasteiger partial charge in [-0.3, -0.25) is 4.79 Å². The third kappa shape index (κ3) is 4.98. The Morgan fingerprint density at radius 2 is 2.03 bits per heavy atom. The monoisotopic (exact) mass is 483 g/mol. The second-order valence-corrected chi connectivity index (χ2v) is 8.41. The Bertz CT molecular complexity index is 1160. The third-order valence-corrected chi connectivity index (χ3v) is 5.82. The second kappa shape index (κ2) is 9.27. The molecule has 1 aromatic carbocycles. The van der Waals surface area contributed by atoms with Crippen LogP contribution in [0.5, 0.6) is 0 Å². The molecule has 0 unspecified atom stereocenters. The van der Waals surface area contributed by atoms with Gasteiger partial charge in [0.25, 0.3) is 5.91 Å². The minimum atomic E-state index is -0.237. The number of amides is 1. The normalized spacial score (nSPS) is 10.9. The van der Waals surface area contributed by atoms with E-state index in [1.165, 1.54) is 11.8 Å². The van der Waals surface area contributed by atoms with Gasteiger partial charge in [-0.2, -0.15) is 5.10 Å². The van der Waals surface area contributed by atoms with Crippen molar-refractivity contribution in [2.45, 2.75) is 24.2 Å². The molecule has 0 aliphatic rings. The summed E-state index contributed by atoms with van der Waals surface area (Å²) in [6, 6.07) is 15.1. The van der Waals surface area contributed by atoms with E-state index in [2.05, 4.69) is 36.5 Å². The standard InChI is InChI=1S/C21H18BrN5O2S/c1-14-11-17(26-29-14)13-30-21-18(3-2-9-23-21)20(28)25-19-8-10-24-27(19)12-15-4-6-16(22)7-5-15/h2-11H,12-13H2,1H3,(H,25,28). The molecule has 9 heteroatoms. The fraction of sp³-hybridized carbons (Fsp3) is 0.143. The van der Waals surface area contributed by atoms with Crippen molar-refractivity contribution in [1.82, 2.24) is 19.9 Å². The summed E-state index contributed by atoms with van der Waals surface area (Å²) >= 11 is 4.88. The molecule has 3 aromatic heterocycles. The fourth-order valence-corrected chi connectivity index (χ4v) is 3.95. The predicted molar refractivity (Wildman–Crippen MR) is 118 cm³/mol. The van der Waals surface area contributed by atoms with Gasteiger partial charge in [-0.15, -0.1) is 0 Å². The Morgan fingerprint density at radius 1 is 1.20 bits per heavy atom. The van der Waals surface area contributed by atoms with Crippen molar-refractivity contribution >= 4 is 39.4 Å². The van der Waals surface area contributed by atoms with E-state index >= 15 is 0 Å². The van der Waals surface area contributed by atoms with E-state index in [4.69, 9.17) is 4.52 Å². The minimum Gasteiger partial charge on any atom is -0.361 e. The maximum Gasteiger partial charge on any atom is 0.259 e. The van der Waals surface area contributed by atoms with E-state index in [9.17, 15) is 4.79 Å². The number of hydrogen-bond acceptors (Lipinski definition) is 6. The molecule has 1 amide bonds. The van der Waals surface area contributed by atoms with Crippen molar-refractivity contribution in [3.8, 4) is 0 Å². The molecule has 0 aliphatic heterocycles. The number of halogens is 1. The van der Waals surface area contributed by atoms with Crippen LogP contribution in [0.25, 0.3) is 0 Å². The van der Waals surface area contributed by atoms with Gasteiger partial charge in [-0.05, 0) is 36.8 Å². The summed E-state index contributed by atoms with van der Waals surface area (Å²) in [5.41, 5.74) is 2.39. The van der Waals surface area contributed by atoms with Gasteiger partial charge in [-0.25, -0.2) is 9.67 Å². The number of carbonyl (C=O) groups is 1. The summed E-state index contributed by atoms with van der Waals surface area (Å²) in [6.45, 7) is 2.40. The van der Waals surface area contributed by atoms with Gasteiger partial charge in [0.1, 0.15) is 16.6 Å². The Balaban J connectivity index is 1.47. The molecule has 0 radical (unpaired) electrons. The number of benzene rings is 1. The van der Waals surface area contributed by atoms with E-state index in [0.29, 0.717) is 28.7 Å². The molecular weight excluding hydrogens is 466 g/mol. The number of aryl methyl sites for hydroxylation is 1. The first-order chi connectivity index (χ1) is 14.6. The molecule has 4 aromatic rings. The summed E-state index contributed by atoms with van der Waals surface area (Å²) < 4.78 is 7.86. The highest BCUT2D eigenvalue weighted by Crippen LogP contribution is 2.25. The zero-order chi connectivity index (χ0) is 20.9. The van der Waals surface area contributed by atoms with Crippen molar-refractivity contribution in [3.05, 3.63) is 88.0 Å². The number of thioether (sulfide) groups is 1. The highest BCUT2D eigenvalue weighted by Gasteiger charge is 2.16. The summed E-state index contributed by atoms with van der Waals surface area (Å²) in [5.74, 6) is 1.70. The lowest BCUT2D eigenvalue weighted by molar-refractivity contribution is 0.102. The van der Waals surface area contributed by atoms with Crippen molar-refractivity contribution < 1.29 is 9.32 Å². The van der Waals surface area contributed by atoms with Crippen LogP contribution in [0.2, 0.25) is 0 Å². The number of hydrogen-bond donors (Lipinski definition) is 1. The Morgan fingerprint density at radius 3 is 2.80 bits per heavy atom. The average molecular weight is 484 g/mol. The van der Waals surface area contributed by atoms with Gasteiger partial charge < -0.3 is 9.84 Å². The van der Waals surface area contributed by atoms with Crippen LogP contribution < -0.4 is 5.32 Å². The van der Waals surface area contributed by atoms with Crippen LogP contribution >= 0.6 is 27.7 Å². The molecule has 30 heavy (non-hydrogen) atoms. The molecule has 0 fully saturated rings. The highest BCUT2D eigenvalue weighted by molar-refractivity contribution is 9.10. The average Bonchev–Trinajstić information content (AvgIpc) is 3.37. The van der Waals surface area contributed by atoms with Crippen LogP contribution in [0.1, 0.15) is 27.4 Å². The maximum absolute atomic E-state index is 13.0. The quantitative estimate of drug-likeness (QED) is 0.375. The molecule has 0 aliphatic carbocycles. The topological polar surface area (TPSA) is 85.8 Å². The molecule has 4 rings (SSSR count). The number of nitrogens with zero attached hydrogens (tertiary/aromatic N) is 4. The Hall–Kier alpha value is -2.91. The molecule has 0 saturated carbocycles. The highest BCUT2D eigenvalue weighted by atomic mass is 79.9. The zero-order valence-corrected chi connectivity index (χ0v) is 18.5. The van der Waals surface area contributed by atoms with E-state index in [0.717, 1.165) is 21.5 Å². The van der Waals surface area contributed by atoms with Crippen molar-refractivity contribution in [1.29, 1.82) is 0 Å². The van der Waals surface area contributed by atoms with E-state index in [1.54, 1.807) is 35.3 Å². The lowest BCUT2D eigenvalue weighted by Crippen LogP contribution is -2.17. The molecule has 0 bridgehead atoms. The first kappa shape index (κ1) is 20.4. The maximum atomic E-state index is 13.0. The third-order valence-electron chi connectivity index (χ3n) is 4.25. The molecule has 1 N–H and O–H groups in total. The number of pyridine rings is 1. The van der Waals surface area contributed by atoms with Crippen molar-refractivity contribution in [2.24, 2.45) is 0 Å². The summed E-state index contributed by atoms with van der Waals surface area (Å²) in [5, 5.41) is 11.9. The Kier molecular flexibility index (Phi) is 6.29. The van der Waals surface area contributed by atoms with Gasteiger partial charge in [0.2, 0.25) is 0 Å². The van der Waals surface area contributed by atoms with Gasteiger partial charge in [0, 0.05) is 28.6 Å². The minimum absolute atomic E-state index is 0.237. The molecule has 0 saturated heterocycles. The molecule has 0 atom stereocenters. The van der Waals surface area contributed by atoms with E-state index in [-0.39, 0.29) is 5.91 Å². The SMILES string of the molecule is Cc1cc(CSc2ncccc2C(=O)Nc2ccnn2Cc2ccc(Br)cc2)no1. The van der Waals surface area contributed by atoms with Crippen LogP contribution in [0.4, 0.5) is 5.82 Å². The van der Waals surface area contributed by atoms with Crippen molar-refractivity contribution in [2.75, 3.05) is 5.32 Å². The predicted octanol–water partition coefficient (Wildman–Crippen LogP) is 4.93. The van der Waals surface area contributed by atoms with Crippen LogP contribution in [-0.4, -0.2) is 25.8 Å². The molecule has 152 valence electrons. The van der Waals surface area contributed by atoms with Gasteiger partial charge >= 0.3 is 0 Å². The van der Waals surface area contributed by atoms with Crippen molar-refractivity contribution in [3.63, 3.8) is 0 Å². The number of nitrogens with one attached hydrogen (secondary N) is 1. The smallest absolute Gasteiger partial charge is 0.259 e. The lowest BCUT2D eigenvalue weighted by Gasteiger charge is -2.11. The van der Waals surface area contributed by atoms with Crippen LogP contribution in [0, 0.1) is 6.92 Å². The molecule has 7 nitrogen and oxygen atoms in total. The summed E-state index contributed by atoms with van der Waals surface area (Å²) in [7, 11) is 0. The van der Waals surface area contributed by atoms with Crippen LogP contribution in [-0.2, 0) is 12.3 Å². The summed E-state index contributed by atoms with van der Waals surface area (Å²) in [6.07, 6.45) is 3.34. The van der Waals surface area contributed by atoms with E-state index < -0.39 is 0 Å². The zero-order valence-electron chi connectivity index (χ0n) is 16.1. The van der Waals surface area contributed by atoms with Gasteiger partial charge in [0.15, 0.2) is 0 Å². The van der Waals surface area contributed by atoms with E-state index in [1.807, 2.05) is 37.3 Å². The first-order valence-electron chi connectivity index (χ1n) is 9.16. The molecule has 3 heterocycles. The van der Waals surface area contributed by atoms with Crippen LogP contribution in [0.15, 0.2) is 74.9 Å². The van der Waals surface area contributed by atoms with Crippen LogP contribution in [0.3, 0.4) is 0 Å². The largest absolute Gasteiger partial charge is 0.361 e. The first-order valence-corrected chi connectivity index (χ1v) is 10.9. The second-order valence-electron chi connectivity index (χ2n) is 6.53. The van der Waals surface area contributed by atoms with Gasteiger partial charge in [0.05, 0.1) is 24.0 Å².